The molecule has 0 atom stereocenters. The smallest absolute Gasteiger partial charge is 0.0717 e. The Balaban J connectivity index is 1.51. The molecule has 2 fully saturated rings. The van der Waals surface area contributed by atoms with Crippen LogP contribution in [-0.4, -0.2) is 11.5 Å². The zero-order chi connectivity index (χ0) is 11.9. The van der Waals surface area contributed by atoms with Crippen LogP contribution in [0.3, 0.4) is 0 Å². The van der Waals surface area contributed by atoms with Gasteiger partial charge in [0.05, 0.1) is 21.2 Å². The van der Waals surface area contributed by atoms with Gasteiger partial charge in [0.15, 0.2) is 0 Å². The van der Waals surface area contributed by atoms with Gasteiger partial charge in [-0.25, -0.2) is 0 Å². The third-order valence-electron chi connectivity index (χ3n) is 3.12. The Labute approximate surface area is 133 Å². The van der Waals surface area contributed by atoms with Gasteiger partial charge in [-0.15, -0.1) is 23.5 Å². The summed E-state index contributed by atoms with van der Waals surface area (Å²) in [6.07, 6.45) is 5.52. The molecule has 0 unspecified atom stereocenters. The van der Waals surface area contributed by atoms with Crippen molar-refractivity contribution in [1.29, 1.82) is 0 Å². The summed E-state index contributed by atoms with van der Waals surface area (Å²) in [4.78, 5) is 0. The van der Waals surface area contributed by atoms with Crippen LogP contribution in [0.4, 0.5) is 0 Å². The van der Waals surface area contributed by atoms with E-state index in [2.05, 4.69) is 23.5 Å². The van der Waals surface area contributed by atoms with Gasteiger partial charge in [-0.05, 0) is 31.3 Å². The van der Waals surface area contributed by atoms with Crippen LogP contribution in [0.15, 0.2) is 26.8 Å². The molecule has 3 aliphatic heterocycles. The highest BCUT2D eigenvalue weighted by Crippen LogP contribution is 2.69. The molecule has 0 aromatic rings. The summed E-state index contributed by atoms with van der Waals surface area (Å²) >= 11 is 12.3. The molecule has 3 heterocycles. The van der Waals surface area contributed by atoms with Crippen LogP contribution in [0.5, 0.6) is 0 Å². The Morgan fingerprint density at radius 3 is 1.67 bits per heavy atom. The van der Waals surface area contributed by atoms with Gasteiger partial charge in [0.25, 0.3) is 0 Å². The fourth-order valence-corrected chi connectivity index (χ4v) is 11.7. The summed E-state index contributed by atoms with van der Waals surface area (Å²) in [6.45, 7) is 0. The van der Waals surface area contributed by atoms with E-state index >= 15 is 0 Å². The highest BCUT2D eigenvalue weighted by molar-refractivity contribution is 8.48. The summed E-state index contributed by atoms with van der Waals surface area (Å²) in [5, 5.41) is 0. The fraction of sp³-hybridized carbons (Fsp3) is 0.500. The van der Waals surface area contributed by atoms with E-state index < -0.39 is 0 Å². The van der Waals surface area contributed by atoms with Gasteiger partial charge in [0.2, 0.25) is 0 Å². The molecule has 96 valence electrons. The molecular formula is C12H12S6. The first-order chi connectivity index (χ1) is 8.90. The van der Waals surface area contributed by atoms with Crippen molar-refractivity contribution < 1.29 is 0 Å². The van der Waals surface area contributed by atoms with Crippen molar-refractivity contribution in [3.05, 3.63) is 26.8 Å². The van der Waals surface area contributed by atoms with Crippen LogP contribution >= 0.6 is 70.6 Å². The van der Waals surface area contributed by atoms with Crippen LogP contribution in [0, 0.1) is 0 Å². The molecule has 0 aromatic heterocycles. The summed E-state index contributed by atoms with van der Waals surface area (Å²) in [6, 6.07) is 0. The maximum absolute atomic E-state index is 2.05. The van der Waals surface area contributed by atoms with Crippen LogP contribution in [-0.2, 0) is 0 Å². The average molecular weight is 349 g/mol. The second-order valence-electron chi connectivity index (χ2n) is 4.35. The van der Waals surface area contributed by atoms with Crippen molar-refractivity contribution in [2.75, 3.05) is 11.5 Å². The normalized spacial score (nSPS) is 28.0. The molecule has 0 amide bonds. The molecular weight excluding hydrogens is 337 g/mol. The highest BCUT2D eigenvalue weighted by Gasteiger charge is 2.34. The zero-order valence-corrected chi connectivity index (χ0v) is 14.6. The topological polar surface area (TPSA) is 0 Å². The maximum Gasteiger partial charge on any atom is 0.0717 e. The molecule has 1 saturated carbocycles. The van der Waals surface area contributed by atoms with Crippen LogP contribution in [0.25, 0.3) is 0 Å². The maximum atomic E-state index is 2.05. The zero-order valence-electron chi connectivity index (χ0n) is 9.69. The minimum absolute atomic E-state index is 1.30. The number of allylic oxidation sites excluding steroid dienone is 1. The van der Waals surface area contributed by atoms with Gasteiger partial charge in [-0.2, -0.15) is 0 Å². The minimum Gasteiger partial charge on any atom is -0.117 e. The Morgan fingerprint density at radius 1 is 0.556 bits per heavy atom. The lowest BCUT2D eigenvalue weighted by Crippen LogP contribution is -1.76. The Bertz CT molecular complexity index is 407. The molecule has 4 rings (SSSR count). The van der Waals surface area contributed by atoms with Crippen molar-refractivity contribution in [3.8, 4) is 0 Å². The monoisotopic (exact) mass is 348 g/mol. The first kappa shape index (κ1) is 13.0. The van der Waals surface area contributed by atoms with E-state index in [-0.39, 0.29) is 0 Å². The molecule has 6 heteroatoms. The molecule has 0 radical (unpaired) electrons. The molecule has 0 bridgehead atoms. The molecule has 18 heavy (non-hydrogen) atoms. The number of thioether (sulfide) groups is 6. The summed E-state index contributed by atoms with van der Waals surface area (Å²) < 4.78 is 7.89. The van der Waals surface area contributed by atoms with Gasteiger partial charge >= 0.3 is 0 Å². The van der Waals surface area contributed by atoms with Crippen molar-refractivity contribution in [2.45, 2.75) is 25.7 Å². The van der Waals surface area contributed by atoms with Gasteiger partial charge in [0.1, 0.15) is 0 Å². The quantitative estimate of drug-likeness (QED) is 0.489. The predicted octanol–water partition coefficient (Wildman–Crippen LogP) is 6.47. The Morgan fingerprint density at radius 2 is 1.06 bits per heavy atom. The van der Waals surface area contributed by atoms with E-state index in [9.17, 15) is 0 Å². The molecule has 0 N–H and O–H groups in total. The van der Waals surface area contributed by atoms with Crippen LogP contribution in [0.1, 0.15) is 25.7 Å². The lowest BCUT2D eigenvalue weighted by Gasteiger charge is -2.06. The Hall–Kier alpha value is 1.32. The van der Waals surface area contributed by atoms with Gasteiger partial charge in [-0.3, -0.25) is 0 Å². The predicted molar refractivity (Wildman–Crippen MR) is 94.8 cm³/mol. The van der Waals surface area contributed by atoms with Crippen LogP contribution in [0.2, 0.25) is 0 Å². The first-order valence-electron chi connectivity index (χ1n) is 6.08. The lowest BCUT2D eigenvalue weighted by molar-refractivity contribution is 0.886. The average Bonchev–Trinajstić information content (AvgIpc) is 3.13. The molecule has 1 saturated heterocycles. The van der Waals surface area contributed by atoms with Crippen molar-refractivity contribution >= 4 is 70.6 Å². The second-order valence-corrected chi connectivity index (χ2v) is 11.9. The second kappa shape index (κ2) is 5.60. The molecule has 1 aliphatic carbocycles. The number of hydrogen-bond donors (Lipinski definition) is 0. The van der Waals surface area contributed by atoms with E-state index in [0.717, 1.165) is 0 Å². The highest BCUT2D eigenvalue weighted by atomic mass is 32.3. The Kier molecular flexibility index (Phi) is 4.05. The van der Waals surface area contributed by atoms with E-state index in [1.807, 2.05) is 47.0 Å². The summed E-state index contributed by atoms with van der Waals surface area (Å²) in [5.74, 6) is 2.59. The first-order valence-corrected chi connectivity index (χ1v) is 11.3. The largest absolute Gasteiger partial charge is 0.117 e. The third-order valence-corrected chi connectivity index (χ3v) is 12.2. The fourth-order valence-electron chi connectivity index (χ4n) is 2.25. The molecule has 0 nitrogen and oxygen atoms in total. The van der Waals surface area contributed by atoms with E-state index in [1.54, 1.807) is 26.8 Å². The van der Waals surface area contributed by atoms with Crippen LogP contribution < -0.4 is 0 Å². The third kappa shape index (κ3) is 2.46. The molecule has 4 aliphatic rings. The standard InChI is InChI=1S/C12H12S6/c1-2-4-7(3-1)8-15-11-12(16-8)18-10(17-11)9-13-5-6-14-9/h1-6H2. The number of rotatable bonds is 0. The number of hydrogen-bond acceptors (Lipinski definition) is 6. The molecule has 0 spiro atoms. The SMILES string of the molecule is C1CCC(=C2SC3=C(S2)SC(=C2SCCS2)S3)C1. The van der Waals surface area contributed by atoms with Gasteiger partial charge < -0.3 is 0 Å². The van der Waals surface area contributed by atoms with E-state index in [1.165, 1.54) is 37.2 Å². The van der Waals surface area contributed by atoms with Gasteiger partial charge in [-0.1, -0.05) is 47.0 Å². The van der Waals surface area contributed by atoms with Gasteiger partial charge in [0, 0.05) is 11.5 Å². The van der Waals surface area contributed by atoms with Crippen molar-refractivity contribution in [1.82, 2.24) is 0 Å². The van der Waals surface area contributed by atoms with Crippen molar-refractivity contribution in [3.63, 3.8) is 0 Å². The minimum atomic E-state index is 1.30. The van der Waals surface area contributed by atoms with E-state index in [0.29, 0.717) is 0 Å². The summed E-state index contributed by atoms with van der Waals surface area (Å²) in [7, 11) is 0. The lowest BCUT2D eigenvalue weighted by atomic mass is 10.3. The van der Waals surface area contributed by atoms with Crippen molar-refractivity contribution in [2.24, 2.45) is 0 Å². The summed E-state index contributed by atoms with van der Waals surface area (Å²) in [5.41, 5.74) is 1.74. The van der Waals surface area contributed by atoms with E-state index in [4.69, 9.17) is 0 Å². The molecule has 0 aromatic carbocycles.